The number of hydrazone groups is 1. The number of nitriles is 1. The van der Waals surface area contributed by atoms with Gasteiger partial charge in [-0.05, 0) is 18.2 Å². The van der Waals surface area contributed by atoms with Crippen LogP contribution in [-0.2, 0) is 10.9 Å². The molecule has 0 amide bonds. The van der Waals surface area contributed by atoms with Gasteiger partial charge in [0.15, 0.2) is 0 Å². The summed E-state index contributed by atoms with van der Waals surface area (Å²) in [5.41, 5.74) is -1.30. The van der Waals surface area contributed by atoms with Crippen molar-refractivity contribution in [2.75, 3.05) is 44.9 Å². The van der Waals surface area contributed by atoms with Gasteiger partial charge in [-0.2, -0.15) is 23.5 Å². The Labute approximate surface area is 143 Å². The largest absolute Gasteiger partial charge is 0.417 e. The summed E-state index contributed by atoms with van der Waals surface area (Å²) < 4.78 is 44.8. The van der Waals surface area contributed by atoms with Crippen molar-refractivity contribution in [3.8, 4) is 6.07 Å². The molecule has 0 N–H and O–H groups in total. The molecule has 1 fully saturated rings. The molecule has 0 bridgehead atoms. The molecule has 25 heavy (non-hydrogen) atoms. The van der Waals surface area contributed by atoms with E-state index in [0.717, 1.165) is 12.1 Å². The van der Waals surface area contributed by atoms with Gasteiger partial charge in [-0.3, -0.25) is 9.89 Å². The number of ether oxygens (including phenoxy) is 1. The molecular weight excluding hydrogens is 335 g/mol. The minimum Gasteiger partial charge on any atom is -0.379 e. The summed E-state index contributed by atoms with van der Waals surface area (Å²) in [4.78, 5) is 6.21. The number of hydrogen-bond donors (Lipinski definition) is 0. The Bertz CT molecular complexity index is 690. The molecule has 0 atom stereocenters. The van der Waals surface area contributed by atoms with Gasteiger partial charge in [-0.1, -0.05) is 0 Å². The van der Waals surface area contributed by atoms with Gasteiger partial charge in [-0.15, -0.1) is 0 Å². The Hall–Kier alpha value is -2.44. The van der Waals surface area contributed by atoms with Crippen LogP contribution in [0.4, 0.5) is 18.9 Å². The summed E-state index contributed by atoms with van der Waals surface area (Å²) in [5.74, 6) is 0.453. The average Bonchev–Trinajstić information content (AvgIpc) is 2.61. The number of amidine groups is 1. The Morgan fingerprint density at radius 3 is 2.60 bits per heavy atom. The summed E-state index contributed by atoms with van der Waals surface area (Å²) in [6.07, 6.45) is -4.64. The summed E-state index contributed by atoms with van der Waals surface area (Å²) in [5, 5.41) is 14.0. The maximum atomic E-state index is 13.2. The van der Waals surface area contributed by atoms with Crippen molar-refractivity contribution in [1.29, 1.82) is 5.26 Å². The lowest BCUT2D eigenvalue weighted by Gasteiger charge is -2.30. The first-order valence-electron chi connectivity index (χ1n) is 7.54. The minimum absolute atomic E-state index is 0.148. The lowest BCUT2D eigenvalue weighted by Crippen LogP contribution is -2.43. The van der Waals surface area contributed by atoms with Crippen molar-refractivity contribution >= 4 is 18.2 Å². The van der Waals surface area contributed by atoms with Gasteiger partial charge >= 0.3 is 6.18 Å². The molecule has 0 saturated carbocycles. The van der Waals surface area contributed by atoms with Crippen LogP contribution in [0, 0.1) is 11.3 Å². The van der Waals surface area contributed by atoms with E-state index in [9.17, 15) is 13.2 Å². The van der Waals surface area contributed by atoms with Crippen molar-refractivity contribution in [3.63, 3.8) is 0 Å². The molecular formula is C16H18F3N5O. The van der Waals surface area contributed by atoms with Gasteiger partial charge < -0.3 is 4.74 Å². The lowest BCUT2D eigenvalue weighted by molar-refractivity contribution is -0.137. The van der Waals surface area contributed by atoms with E-state index in [0.29, 0.717) is 38.7 Å². The Balaban J connectivity index is 2.32. The number of alkyl halides is 3. The normalized spacial score (nSPS) is 16.4. The molecule has 1 aliphatic rings. The van der Waals surface area contributed by atoms with E-state index in [1.54, 1.807) is 13.1 Å². The molecule has 9 heteroatoms. The predicted octanol–water partition coefficient (Wildman–Crippen LogP) is 2.36. The highest BCUT2D eigenvalue weighted by molar-refractivity contribution is 5.99. The first-order valence-corrected chi connectivity index (χ1v) is 7.54. The number of nitrogens with zero attached hydrogens (tertiary/aromatic N) is 5. The van der Waals surface area contributed by atoms with Gasteiger partial charge in [0.2, 0.25) is 0 Å². The lowest BCUT2D eigenvalue weighted by atomic mass is 10.1. The van der Waals surface area contributed by atoms with Crippen LogP contribution >= 0.6 is 0 Å². The van der Waals surface area contributed by atoms with E-state index < -0.39 is 17.3 Å². The zero-order chi connectivity index (χ0) is 18.4. The van der Waals surface area contributed by atoms with E-state index in [-0.39, 0.29) is 5.69 Å². The number of benzene rings is 1. The Morgan fingerprint density at radius 1 is 1.40 bits per heavy atom. The SMILES string of the molecule is C=NN(C(CN1CCOCC1)=NC)c1ccc(C#N)c(C(F)(F)F)c1. The van der Waals surface area contributed by atoms with Crippen LogP contribution in [0.5, 0.6) is 0 Å². The van der Waals surface area contributed by atoms with Crippen molar-refractivity contribution in [1.82, 2.24) is 4.90 Å². The highest BCUT2D eigenvalue weighted by Crippen LogP contribution is 2.34. The van der Waals surface area contributed by atoms with E-state index in [4.69, 9.17) is 10.00 Å². The monoisotopic (exact) mass is 353 g/mol. The van der Waals surface area contributed by atoms with Gasteiger partial charge in [-0.25, -0.2) is 5.01 Å². The van der Waals surface area contributed by atoms with Crippen molar-refractivity contribution < 1.29 is 17.9 Å². The summed E-state index contributed by atoms with van der Waals surface area (Å²) in [7, 11) is 1.54. The number of hydrogen-bond acceptors (Lipinski definition) is 5. The summed E-state index contributed by atoms with van der Waals surface area (Å²) in [6.45, 7) is 6.42. The molecule has 0 spiro atoms. The maximum Gasteiger partial charge on any atom is 0.417 e. The number of anilines is 1. The van der Waals surface area contributed by atoms with Crippen LogP contribution in [-0.4, -0.2) is 57.3 Å². The molecule has 1 aliphatic heterocycles. The molecule has 2 rings (SSSR count). The third kappa shape index (κ3) is 4.55. The molecule has 0 radical (unpaired) electrons. The molecule has 0 aromatic heterocycles. The first-order chi connectivity index (χ1) is 11.9. The summed E-state index contributed by atoms with van der Waals surface area (Å²) >= 11 is 0. The molecule has 1 aromatic rings. The van der Waals surface area contributed by atoms with Gasteiger partial charge in [0.05, 0.1) is 42.6 Å². The van der Waals surface area contributed by atoms with Gasteiger partial charge in [0, 0.05) is 26.9 Å². The summed E-state index contributed by atoms with van der Waals surface area (Å²) in [6, 6.07) is 4.96. The van der Waals surface area contributed by atoms with Crippen LogP contribution in [0.3, 0.4) is 0 Å². The number of aliphatic imine (C=N–C) groups is 1. The molecule has 0 aliphatic carbocycles. The quantitative estimate of drug-likeness (QED) is 0.474. The maximum absolute atomic E-state index is 13.2. The van der Waals surface area contributed by atoms with Crippen LogP contribution in [0.15, 0.2) is 28.3 Å². The number of rotatable bonds is 4. The second-order valence-corrected chi connectivity index (χ2v) is 5.32. The van der Waals surface area contributed by atoms with E-state index in [1.165, 1.54) is 11.1 Å². The van der Waals surface area contributed by atoms with Crippen molar-refractivity contribution in [3.05, 3.63) is 29.3 Å². The average molecular weight is 353 g/mol. The number of halogens is 3. The Kier molecular flexibility index (Phi) is 6.12. The fraction of sp³-hybridized carbons (Fsp3) is 0.438. The molecule has 1 saturated heterocycles. The van der Waals surface area contributed by atoms with Gasteiger partial charge in [0.1, 0.15) is 5.84 Å². The second kappa shape index (κ2) is 8.09. The van der Waals surface area contributed by atoms with Gasteiger partial charge in [0.25, 0.3) is 0 Å². The van der Waals surface area contributed by atoms with Crippen molar-refractivity contribution in [2.24, 2.45) is 10.1 Å². The highest BCUT2D eigenvalue weighted by atomic mass is 19.4. The predicted molar refractivity (Wildman–Crippen MR) is 88.8 cm³/mol. The molecule has 0 unspecified atom stereocenters. The van der Waals surface area contributed by atoms with Crippen LogP contribution in [0.25, 0.3) is 0 Å². The fourth-order valence-electron chi connectivity index (χ4n) is 2.50. The standard InChI is InChI=1S/C16H18F3N5O/c1-21-15(11-23-5-7-25-8-6-23)24(22-2)13-4-3-12(10-20)14(9-13)16(17,18)19/h3-4,9H,2,5-8,11H2,1H3. The van der Waals surface area contributed by atoms with E-state index in [2.05, 4.69) is 21.7 Å². The van der Waals surface area contributed by atoms with E-state index >= 15 is 0 Å². The smallest absolute Gasteiger partial charge is 0.379 e. The Morgan fingerprint density at radius 2 is 2.08 bits per heavy atom. The zero-order valence-electron chi connectivity index (χ0n) is 13.8. The van der Waals surface area contributed by atoms with Crippen LogP contribution in [0.2, 0.25) is 0 Å². The number of morpholine rings is 1. The first kappa shape index (κ1) is 18.9. The molecule has 134 valence electrons. The van der Waals surface area contributed by atoms with Crippen LogP contribution in [0.1, 0.15) is 11.1 Å². The third-order valence-electron chi connectivity index (χ3n) is 3.79. The van der Waals surface area contributed by atoms with Crippen molar-refractivity contribution in [2.45, 2.75) is 6.18 Å². The second-order valence-electron chi connectivity index (χ2n) is 5.32. The van der Waals surface area contributed by atoms with E-state index in [1.807, 2.05) is 0 Å². The van der Waals surface area contributed by atoms with Crippen LogP contribution < -0.4 is 5.01 Å². The third-order valence-corrected chi connectivity index (χ3v) is 3.79. The molecule has 1 aromatic carbocycles. The topological polar surface area (TPSA) is 64.2 Å². The zero-order valence-corrected chi connectivity index (χ0v) is 13.8. The molecule has 1 heterocycles. The minimum atomic E-state index is -4.64. The molecule has 6 nitrogen and oxygen atoms in total. The fourth-order valence-corrected chi connectivity index (χ4v) is 2.50. The highest BCUT2D eigenvalue weighted by Gasteiger charge is 2.34.